The molecule has 1 aliphatic rings. The van der Waals surface area contributed by atoms with Crippen molar-refractivity contribution in [2.75, 3.05) is 27.7 Å². The Hall–Kier alpha value is -1.63. The summed E-state index contributed by atoms with van der Waals surface area (Å²) in [6, 6.07) is -0.768. The lowest BCUT2D eigenvalue weighted by Crippen LogP contribution is -2.46. The Kier molecular flexibility index (Phi) is 4.45. The smallest absolute Gasteiger partial charge is 0.248 e. The molecule has 17 heavy (non-hydrogen) atoms. The van der Waals surface area contributed by atoms with Crippen LogP contribution >= 0.6 is 0 Å². The molecular formula is C10H17N3O4. The van der Waals surface area contributed by atoms with Crippen LogP contribution in [0, 0.1) is 0 Å². The molecule has 7 heteroatoms. The van der Waals surface area contributed by atoms with E-state index < -0.39 is 6.04 Å². The van der Waals surface area contributed by atoms with E-state index in [2.05, 4.69) is 5.32 Å². The average Bonchev–Trinajstić information content (AvgIpc) is 2.42. The van der Waals surface area contributed by atoms with Crippen LogP contribution in [0.1, 0.15) is 12.8 Å². The van der Waals surface area contributed by atoms with Gasteiger partial charge in [0.2, 0.25) is 17.7 Å². The number of amides is 3. The molecule has 0 radical (unpaired) electrons. The second-order valence-corrected chi connectivity index (χ2v) is 3.84. The SMILES string of the molecule is CON(C)C(=O)C[C@H]1C(=O)NCCC(=O)N1C. The fourth-order valence-electron chi connectivity index (χ4n) is 1.56. The van der Waals surface area contributed by atoms with Gasteiger partial charge in [-0.3, -0.25) is 19.2 Å². The Morgan fingerprint density at radius 1 is 1.59 bits per heavy atom. The van der Waals surface area contributed by atoms with Crippen molar-refractivity contribution in [2.24, 2.45) is 0 Å². The predicted molar refractivity (Wildman–Crippen MR) is 58.6 cm³/mol. The van der Waals surface area contributed by atoms with E-state index in [4.69, 9.17) is 4.84 Å². The summed E-state index contributed by atoms with van der Waals surface area (Å²) in [4.78, 5) is 40.9. The van der Waals surface area contributed by atoms with Crippen molar-refractivity contribution >= 4 is 17.7 Å². The summed E-state index contributed by atoms with van der Waals surface area (Å²) >= 11 is 0. The van der Waals surface area contributed by atoms with Gasteiger partial charge in [0.05, 0.1) is 13.5 Å². The molecule has 96 valence electrons. The maximum Gasteiger partial charge on any atom is 0.248 e. The van der Waals surface area contributed by atoms with Gasteiger partial charge < -0.3 is 10.2 Å². The van der Waals surface area contributed by atoms with Gasteiger partial charge in [0.1, 0.15) is 6.04 Å². The summed E-state index contributed by atoms with van der Waals surface area (Å²) in [6.45, 7) is 0.312. The highest BCUT2D eigenvalue weighted by Crippen LogP contribution is 2.09. The molecule has 1 N–H and O–H groups in total. The number of hydroxylamine groups is 2. The molecule has 0 aliphatic carbocycles. The Labute approximate surface area is 99.6 Å². The summed E-state index contributed by atoms with van der Waals surface area (Å²) in [7, 11) is 4.34. The number of hydrogen-bond donors (Lipinski definition) is 1. The fraction of sp³-hybridized carbons (Fsp3) is 0.700. The first kappa shape index (κ1) is 13.4. The van der Waals surface area contributed by atoms with Gasteiger partial charge >= 0.3 is 0 Å². The summed E-state index contributed by atoms with van der Waals surface area (Å²) in [5, 5.41) is 3.64. The molecule has 1 atom stereocenters. The van der Waals surface area contributed by atoms with Gasteiger partial charge in [-0.1, -0.05) is 0 Å². The largest absolute Gasteiger partial charge is 0.354 e. The fourth-order valence-corrected chi connectivity index (χ4v) is 1.56. The lowest BCUT2D eigenvalue weighted by Gasteiger charge is -2.25. The molecule has 0 spiro atoms. The van der Waals surface area contributed by atoms with Crippen LogP contribution in [0.5, 0.6) is 0 Å². The van der Waals surface area contributed by atoms with E-state index in [0.29, 0.717) is 6.54 Å². The minimum Gasteiger partial charge on any atom is -0.354 e. The second-order valence-electron chi connectivity index (χ2n) is 3.84. The van der Waals surface area contributed by atoms with Gasteiger partial charge in [-0.2, -0.15) is 0 Å². The number of rotatable bonds is 3. The molecule has 0 saturated carbocycles. The molecule has 3 amide bonds. The van der Waals surface area contributed by atoms with Crippen molar-refractivity contribution in [2.45, 2.75) is 18.9 Å². The minimum atomic E-state index is -0.768. The van der Waals surface area contributed by atoms with Crippen LogP contribution in [0.4, 0.5) is 0 Å². The Bertz CT molecular complexity index is 332. The van der Waals surface area contributed by atoms with Crippen LogP contribution in [0.15, 0.2) is 0 Å². The quantitative estimate of drug-likeness (QED) is 0.628. The Morgan fingerprint density at radius 2 is 2.24 bits per heavy atom. The topological polar surface area (TPSA) is 79.0 Å². The molecule has 7 nitrogen and oxygen atoms in total. The molecule has 1 aliphatic heterocycles. The normalized spacial score (nSPS) is 20.9. The number of carbonyl (C=O) groups excluding carboxylic acids is 3. The number of hydrogen-bond acceptors (Lipinski definition) is 4. The first-order chi connectivity index (χ1) is 7.97. The van der Waals surface area contributed by atoms with Crippen LogP contribution in [0.25, 0.3) is 0 Å². The lowest BCUT2D eigenvalue weighted by molar-refractivity contribution is -0.170. The summed E-state index contributed by atoms with van der Waals surface area (Å²) < 4.78 is 0. The van der Waals surface area contributed by atoms with Crippen LogP contribution in [-0.4, -0.2) is 61.5 Å². The molecular weight excluding hydrogens is 226 g/mol. The third kappa shape index (κ3) is 3.16. The van der Waals surface area contributed by atoms with E-state index in [1.165, 1.54) is 26.1 Å². The third-order valence-electron chi connectivity index (χ3n) is 2.79. The molecule has 1 heterocycles. The molecule has 0 aromatic heterocycles. The Morgan fingerprint density at radius 3 is 2.82 bits per heavy atom. The summed E-state index contributed by atoms with van der Waals surface area (Å²) in [6.07, 6.45) is 0.172. The predicted octanol–water partition coefficient (Wildman–Crippen LogP) is -1.26. The molecule has 0 aromatic rings. The third-order valence-corrected chi connectivity index (χ3v) is 2.79. The van der Waals surface area contributed by atoms with Crippen LogP contribution < -0.4 is 5.32 Å². The highest BCUT2D eigenvalue weighted by atomic mass is 16.7. The van der Waals surface area contributed by atoms with Crippen molar-refractivity contribution in [1.82, 2.24) is 15.3 Å². The lowest BCUT2D eigenvalue weighted by atomic mass is 10.1. The van der Waals surface area contributed by atoms with Crippen molar-refractivity contribution < 1.29 is 19.2 Å². The maximum absolute atomic E-state index is 11.7. The van der Waals surface area contributed by atoms with Gasteiger partial charge in [-0.05, 0) is 0 Å². The van der Waals surface area contributed by atoms with E-state index in [1.54, 1.807) is 0 Å². The zero-order valence-electron chi connectivity index (χ0n) is 10.2. The van der Waals surface area contributed by atoms with E-state index in [0.717, 1.165) is 5.06 Å². The van der Waals surface area contributed by atoms with Gasteiger partial charge in [0.25, 0.3) is 0 Å². The standard InChI is InChI=1S/C10H17N3O4/c1-12-7(6-9(15)13(2)17-3)10(16)11-5-4-8(12)14/h7H,4-6H2,1-3H3,(H,11,16)/t7-/m0/s1. The van der Waals surface area contributed by atoms with Crippen LogP contribution in [0.3, 0.4) is 0 Å². The molecule has 0 unspecified atom stereocenters. The maximum atomic E-state index is 11.7. The first-order valence-electron chi connectivity index (χ1n) is 5.31. The number of likely N-dealkylation sites (N-methyl/N-ethyl adjacent to an activating group) is 1. The van der Waals surface area contributed by atoms with Crippen molar-refractivity contribution in [3.8, 4) is 0 Å². The first-order valence-corrected chi connectivity index (χ1v) is 5.31. The molecule has 1 fully saturated rings. The van der Waals surface area contributed by atoms with E-state index >= 15 is 0 Å². The summed E-state index contributed by atoms with van der Waals surface area (Å²) in [5.74, 6) is -0.813. The van der Waals surface area contributed by atoms with Gasteiger partial charge in [0, 0.05) is 27.1 Å². The summed E-state index contributed by atoms with van der Waals surface area (Å²) in [5.41, 5.74) is 0. The zero-order chi connectivity index (χ0) is 13.0. The molecule has 1 saturated heterocycles. The zero-order valence-corrected chi connectivity index (χ0v) is 10.2. The Balaban J connectivity index is 2.74. The minimum absolute atomic E-state index is 0.0849. The van der Waals surface area contributed by atoms with Gasteiger partial charge in [0.15, 0.2) is 0 Å². The van der Waals surface area contributed by atoms with Gasteiger partial charge in [-0.15, -0.1) is 0 Å². The molecule has 0 aromatic carbocycles. The van der Waals surface area contributed by atoms with E-state index in [-0.39, 0.29) is 30.6 Å². The van der Waals surface area contributed by atoms with E-state index in [9.17, 15) is 14.4 Å². The van der Waals surface area contributed by atoms with Crippen LogP contribution in [-0.2, 0) is 19.2 Å². The average molecular weight is 243 g/mol. The molecule has 0 bridgehead atoms. The second kappa shape index (κ2) is 5.62. The van der Waals surface area contributed by atoms with Crippen molar-refractivity contribution in [1.29, 1.82) is 0 Å². The van der Waals surface area contributed by atoms with E-state index in [1.807, 2.05) is 0 Å². The number of nitrogens with zero attached hydrogens (tertiary/aromatic N) is 2. The van der Waals surface area contributed by atoms with Crippen molar-refractivity contribution in [3.05, 3.63) is 0 Å². The van der Waals surface area contributed by atoms with Crippen molar-refractivity contribution in [3.63, 3.8) is 0 Å². The number of carbonyl (C=O) groups is 3. The highest BCUT2D eigenvalue weighted by molar-refractivity contribution is 5.93. The highest BCUT2D eigenvalue weighted by Gasteiger charge is 2.32. The van der Waals surface area contributed by atoms with Gasteiger partial charge in [-0.25, -0.2) is 5.06 Å². The van der Waals surface area contributed by atoms with Crippen LogP contribution in [0.2, 0.25) is 0 Å². The number of nitrogens with one attached hydrogen (secondary N) is 1. The monoisotopic (exact) mass is 243 g/mol. The molecule has 1 rings (SSSR count).